The molecule has 1 heterocycles. The first kappa shape index (κ1) is 22.8. The van der Waals surface area contributed by atoms with Crippen molar-refractivity contribution in [2.24, 2.45) is 4.99 Å². The van der Waals surface area contributed by atoms with E-state index in [2.05, 4.69) is 31.3 Å². The highest BCUT2D eigenvalue weighted by Gasteiger charge is 2.35. The number of rotatable bonds is 6. The normalized spacial score (nSPS) is 16.7. The molecule has 1 atom stereocenters. The molecule has 0 aliphatic carbocycles. The van der Waals surface area contributed by atoms with Gasteiger partial charge in [-0.2, -0.15) is 0 Å². The minimum atomic E-state index is -0.247. The van der Waals surface area contributed by atoms with E-state index in [4.69, 9.17) is 4.99 Å². The van der Waals surface area contributed by atoms with Gasteiger partial charge in [-0.05, 0) is 54.8 Å². The summed E-state index contributed by atoms with van der Waals surface area (Å²) in [6, 6.07) is 24.3. The first-order valence-electron chi connectivity index (χ1n) is 11.2. The minimum absolute atomic E-state index is 0.0500. The van der Waals surface area contributed by atoms with Crippen LogP contribution in [0.4, 0.5) is 11.4 Å². The zero-order valence-corrected chi connectivity index (χ0v) is 19.6. The van der Waals surface area contributed by atoms with E-state index in [1.54, 1.807) is 40.9 Å². The Balaban J connectivity index is 1.63. The number of carbonyl (C=O) groups is 2. The summed E-state index contributed by atoms with van der Waals surface area (Å²) in [7, 11) is 0. The second-order valence-corrected chi connectivity index (χ2v) is 8.82. The SMILES string of the molecule is CCc1ccc(N=C2SCC(CC)N2C(=O)c2ccccc2NC(=O)c2ccccc2)cc1. The lowest BCUT2D eigenvalue weighted by Gasteiger charge is -2.24. The molecule has 3 aromatic carbocycles. The third kappa shape index (κ3) is 5.17. The molecule has 168 valence electrons. The first-order valence-corrected chi connectivity index (χ1v) is 12.2. The molecule has 1 fully saturated rings. The molecule has 1 saturated heterocycles. The van der Waals surface area contributed by atoms with E-state index in [1.165, 1.54) is 5.56 Å². The van der Waals surface area contributed by atoms with Gasteiger partial charge in [-0.25, -0.2) is 4.99 Å². The van der Waals surface area contributed by atoms with Crippen LogP contribution in [0.2, 0.25) is 0 Å². The number of nitrogens with zero attached hydrogens (tertiary/aromatic N) is 2. The number of hydrogen-bond donors (Lipinski definition) is 1. The van der Waals surface area contributed by atoms with Crippen LogP contribution in [0.5, 0.6) is 0 Å². The van der Waals surface area contributed by atoms with Crippen LogP contribution < -0.4 is 5.32 Å². The maximum Gasteiger partial charge on any atom is 0.262 e. The van der Waals surface area contributed by atoms with Gasteiger partial charge in [0.05, 0.1) is 16.9 Å². The molecule has 1 aliphatic heterocycles. The monoisotopic (exact) mass is 457 g/mol. The predicted octanol–water partition coefficient (Wildman–Crippen LogP) is 6.16. The molecule has 33 heavy (non-hydrogen) atoms. The fraction of sp³-hybridized carbons (Fsp3) is 0.222. The Labute approximate surface area is 198 Å². The predicted molar refractivity (Wildman–Crippen MR) is 136 cm³/mol. The third-order valence-corrected chi connectivity index (χ3v) is 6.77. The number of amidine groups is 1. The van der Waals surface area contributed by atoms with Crippen LogP contribution >= 0.6 is 11.8 Å². The van der Waals surface area contributed by atoms with Gasteiger partial charge in [-0.1, -0.05) is 68.1 Å². The second-order valence-electron chi connectivity index (χ2n) is 7.83. The number of benzene rings is 3. The van der Waals surface area contributed by atoms with Crippen LogP contribution in [0.1, 0.15) is 46.5 Å². The molecule has 1 aliphatic rings. The standard InChI is InChI=1S/C27H27N3O2S/c1-3-19-14-16-21(17-15-19)28-27-30(22(4-2)18-33-27)26(32)23-12-8-9-13-24(23)29-25(31)20-10-6-5-7-11-20/h5-17,22H,3-4,18H2,1-2H3,(H,29,31). The van der Waals surface area contributed by atoms with Crippen LogP contribution in [0.25, 0.3) is 0 Å². The van der Waals surface area contributed by atoms with E-state index < -0.39 is 0 Å². The highest BCUT2D eigenvalue weighted by atomic mass is 32.2. The molecule has 5 nitrogen and oxygen atoms in total. The van der Waals surface area contributed by atoms with Crippen LogP contribution in [0, 0.1) is 0 Å². The average Bonchev–Trinajstić information content (AvgIpc) is 3.27. The molecule has 0 aromatic heterocycles. The van der Waals surface area contributed by atoms with Crippen LogP contribution in [0.15, 0.2) is 83.9 Å². The molecular formula is C27H27N3O2S. The molecule has 3 aromatic rings. The lowest BCUT2D eigenvalue weighted by molar-refractivity contribution is 0.0820. The van der Waals surface area contributed by atoms with E-state index in [0.29, 0.717) is 22.0 Å². The van der Waals surface area contributed by atoms with Gasteiger partial charge < -0.3 is 5.32 Å². The minimum Gasteiger partial charge on any atom is -0.321 e. The third-order valence-electron chi connectivity index (χ3n) is 5.68. The number of thioether (sulfide) groups is 1. The smallest absolute Gasteiger partial charge is 0.262 e. The highest BCUT2D eigenvalue weighted by molar-refractivity contribution is 8.14. The van der Waals surface area contributed by atoms with Gasteiger partial charge in [0.1, 0.15) is 0 Å². The number of amides is 2. The van der Waals surface area contributed by atoms with Crippen molar-refractivity contribution in [3.8, 4) is 0 Å². The number of anilines is 1. The Kier molecular flexibility index (Phi) is 7.25. The Morgan fingerprint density at radius 3 is 2.36 bits per heavy atom. The van der Waals surface area contributed by atoms with E-state index in [1.807, 2.05) is 42.5 Å². The largest absolute Gasteiger partial charge is 0.321 e. The van der Waals surface area contributed by atoms with Gasteiger partial charge in [0.15, 0.2) is 5.17 Å². The summed E-state index contributed by atoms with van der Waals surface area (Å²) >= 11 is 1.60. The quantitative estimate of drug-likeness (QED) is 0.482. The van der Waals surface area contributed by atoms with Gasteiger partial charge in [-0.3, -0.25) is 14.5 Å². The first-order chi connectivity index (χ1) is 16.1. The van der Waals surface area contributed by atoms with Crippen molar-refractivity contribution in [2.75, 3.05) is 11.1 Å². The summed E-state index contributed by atoms with van der Waals surface area (Å²) in [6.45, 7) is 4.20. The molecule has 1 unspecified atom stereocenters. The Bertz CT molecular complexity index is 1160. The molecule has 0 spiro atoms. The summed E-state index contributed by atoms with van der Waals surface area (Å²) in [5, 5.41) is 3.60. The van der Waals surface area contributed by atoms with Gasteiger partial charge in [-0.15, -0.1) is 0 Å². The molecular weight excluding hydrogens is 430 g/mol. The summed E-state index contributed by atoms with van der Waals surface area (Å²) in [4.78, 5) is 33.0. The van der Waals surface area contributed by atoms with E-state index in [0.717, 1.165) is 24.3 Å². The average molecular weight is 458 g/mol. The number of carbonyl (C=O) groups excluding carboxylic acids is 2. The van der Waals surface area contributed by atoms with E-state index in [-0.39, 0.29) is 17.9 Å². The summed E-state index contributed by atoms with van der Waals surface area (Å²) in [5.74, 6) is 0.399. The highest BCUT2D eigenvalue weighted by Crippen LogP contribution is 2.32. The van der Waals surface area contributed by atoms with Gasteiger partial charge >= 0.3 is 0 Å². The van der Waals surface area contributed by atoms with Gasteiger partial charge in [0, 0.05) is 17.4 Å². The maximum atomic E-state index is 13.7. The van der Waals surface area contributed by atoms with Crippen molar-refractivity contribution in [2.45, 2.75) is 32.7 Å². The molecule has 2 amide bonds. The van der Waals surface area contributed by atoms with Crippen molar-refractivity contribution < 1.29 is 9.59 Å². The van der Waals surface area contributed by atoms with Gasteiger partial charge in [0.2, 0.25) is 0 Å². The summed E-state index contributed by atoms with van der Waals surface area (Å²) in [6.07, 6.45) is 1.80. The van der Waals surface area contributed by atoms with Crippen LogP contribution in [0.3, 0.4) is 0 Å². The number of aryl methyl sites for hydroxylation is 1. The topological polar surface area (TPSA) is 61.8 Å². The van der Waals surface area contributed by atoms with E-state index >= 15 is 0 Å². The fourth-order valence-electron chi connectivity index (χ4n) is 3.72. The number of aliphatic imine (C=N–C) groups is 1. The zero-order valence-electron chi connectivity index (χ0n) is 18.8. The Morgan fingerprint density at radius 1 is 0.970 bits per heavy atom. The van der Waals surface area contributed by atoms with Crippen LogP contribution in [-0.2, 0) is 6.42 Å². The molecule has 0 radical (unpaired) electrons. The van der Waals surface area contributed by atoms with Crippen molar-refractivity contribution in [1.82, 2.24) is 4.90 Å². The van der Waals surface area contributed by atoms with Crippen molar-refractivity contribution in [3.05, 3.63) is 95.6 Å². The lowest BCUT2D eigenvalue weighted by Crippen LogP contribution is -2.39. The molecule has 0 saturated carbocycles. The van der Waals surface area contributed by atoms with Crippen molar-refractivity contribution in [3.63, 3.8) is 0 Å². The fourth-order valence-corrected chi connectivity index (χ4v) is 4.99. The second kappa shape index (κ2) is 10.5. The Morgan fingerprint density at radius 2 is 1.67 bits per heavy atom. The molecule has 0 bridgehead atoms. The van der Waals surface area contributed by atoms with E-state index in [9.17, 15) is 9.59 Å². The van der Waals surface area contributed by atoms with Crippen molar-refractivity contribution >= 4 is 40.1 Å². The molecule has 6 heteroatoms. The number of hydrogen-bond acceptors (Lipinski definition) is 4. The lowest BCUT2D eigenvalue weighted by atomic mass is 10.1. The summed E-state index contributed by atoms with van der Waals surface area (Å²) in [5.41, 5.74) is 3.57. The summed E-state index contributed by atoms with van der Waals surface area (Å²) < 4.78 is 0. The maximum absolute atomic E-state index is 13.7. The Hall–Kier alpha value is -3.38. The van der Waals surface area contributed by atoms with Crippen molar-refractivity contribution in [1.29, 1.82) is 0 Å². The molecule has 1 N–H and O–H groups in total. The zero-order chi connectivity index (χ0) is 23.2. The molecule has 4 rings (SSSR count). The number of para-hydroxylation sites is 1. The van der Waals surface area contributed by atoms with Crippen LogP contribution in [-0.4, -0.2) is 33.7 Å². The van der Waals surface area contributed by atoms with Gasteiger partial charge in [0.25, 0.3) is 11.8 Å². The number of nitrogens with one attached hydrogen (secondary N) is 1.